The van der Waals surface area contributed by atoms with Crippen molar-refractivity contribution in [2.45, 2.75) is 33.6 Å². The van der Waals surface area contributed by atoms with Gasteiger partial charge in [0.2, 0.25) is 5.95 Å². The number of hydrogen-bond donors (Lipinski definition) is 2. The summed E-state index contributed by atoms with van der Waals surface area (Å²) in [5.41, 5.74) is 0. The number of hydrogen-bond acceptors (Lipinski definition) is 4. The molecule has 17 heavy (non-hydrogen) atoms. The molecule has 0 bridgehead atoms. The first-order valence-corrected chi connectivity index (χ1v) is 6.93. The molecule has 0 fully saturated rings. The molecule has 0 aliphatic heterocycles. The van der Waals surface area contributed by atoms with Crippen LogP contribution in [0.2, 0.25) is 0 Å². The largest absolute Gasteiger partial charge is 0.369 e. The molecule has 96 valence electrons. The molecule has 0 aliphatic carbocycles. The van der Waals surface area contributed by atoms with Crippen molar-refractivity contribution in [3.63, 3.8) is 0 Å². The van der Waals surface area contributed by atoms with E-state index in [2.05, 4.69) is 50.4 Å². The van der Waals surface area contributed by atoms with Crippen molar-refractivity contribution in [3.8, 4) is 0 Å². The van der Waals surface area contributed by atoms with Crippen LogP contribution in [0.1, 0.15) is 33.6 Å². The van der Waals surface area contributed by atoms with E-state index in [9.17, 15) is 0 Å². The molecule has 5 heteroatoms. The maximum absolute atomic E-state index is 4.40. The van der Waals surface area contributed by atoms with Gasteiger partial charge in [0.25, 0.3) is 0 Å². The summed E-state index contributed by atoms with van der Waals surface area (Å²) in [6, 6.07) is 0. The van der Waals surface area contributed by atoms with Crippen LogP contribution in [0, 0.1) is 5.92 Å². The molecular formula is C12H21BrN4. The van der Waals surface area contributed by atoms with E-state index < -0.39 is 0 Å². The molecule has 0 unspecified atom stereocenters. The summed E-state index contributed by atoms with van der Waals surface area (Å²) in [6.45, 7) is 8.28. The first kappa shape index (κ1) is 14.2. The third-order valence-corrected chi connectivity index (χ3v) is 2.91. The summed E-state index contributed by atoms with van der Waals surface area (Å²) in [5.74, 6) is 2.28. The van der Waals surface area contributed by atoms with Crippen molar-refractivity contribution in [1.29, 1.82) is 0 Å². The average Bonchev–Trinajstić information content (AvgIpc) is 2.28. The van der Waals surface area contributed by atoms with Gasteiger partial charge in [-0.1, -0.05) is 13.8 Å². The highest BCUT2D eigenvalue weighted by molar-refractivity contribution is 9.10. The monoisotopic (exact) mass is 300 g/mol. The predicted octanol–water partition coefficient (Wildman–Crippen LogP) is 3.52. The Morgan fingerprint density at radius 2 is 2.12 bits per heavy atom. The molecule has 1 aromatic heterocycles. The fraction of sp³-hybridized carbons (Fsp3) is 0.667. The van der Waals surface area contributed by atoms with Gasteiger partial charge in [-0.25, -0.2) is 4.98 Å². The van der Waals surface area contributed by atoms with Crippen molar-refractivity contribution >= 4 is 27.7 Å². The number of halogens is 1. The molecule has 0 amide bonds. The van der Waals surface area contributed by atoms with E-state index in [0.29, 0.717) is 5.95 Å². The minimum absolute atomic E-state index is 0.669. The third kappa shape index (κ3) is 5.35. The van der Waals surface area contributed by atoms with Gasteiger partial charge in [0.15, 0.2) is 0 Å². The molecule has 0 saturated carbocycles. The molecule has 0 atom stereocenters. The molecule has 0 radical (unpaired) electrons. The number of nitrogens with one attached hydrogen (secondary N) is 2. The molecule has 1 heterocycles. The Kier molecular flexibility index (Phi) is 6.26. The van der Waals surface area contributed by atoms with Crippen LogP contribution < -0.4 is 10.6 Å². The lowest BCUT2D eigenvalue weighted by atomic mass is 10.1. The highest BCUT2D eigenvalue weighted by atomic mass is 79.9. The van der Waals surface area contributed by atoms with Crippen molar-refractivity contribution < 1.29 is 0 Å². The molecule has 0 aliphatic rings. The van der Waals surface area contributed by atoms with Crippen molar-refractivity contribution in [2.24, 2.45) is 5.92 Å². The Hall–Kier alpha value is -0.840. The van der Waals surface area contributed by atoms with E-state index in [1.807, 2.05) is 6.92 Å². The van der Waals surface area contributed by atoms with Gasteiger partial charge >= 0.3 is 0 Å². The van der Waals surface area contributed by atoms with Gasteiger partial charge in [-0.15, -0.1) is 0 Å². The van der Waals surface area contributed by atoms with E-state index in [1.165, 1.54) is 6.42 Å². The highest BCUT2D eigenvalue weighted by Crippen LogP contribution is 2.20. The summed E-state index contributed by atoms with van der Waals surface area (Å²) in [4.78, 5) is 8.57. The summed E-state index contributed by atoms with van der Waals surface area (Å²) < 4.78 is 0.906. The zero-order valence-corrected chi connectivity index (χ0v) is 12.3. The van der Waals surface area contributed by atoms with E-state index in [-0.39, 0.29) is 0 Å². The molecule has 1 rings (SSSR count). The first-order chi connectivity index (χ1) is 8.13. The fourth-order valence-corrected chi connectivity index (χ4v) is 1.78. The maximum atomic E-state index is 4.40. The van der Waals surface area contributed by atoms with Crippen LogP contribution >= 0.6 is 15.9 Å². The summed E-state index contributed by atoms with van der Waals surface area (Å²) >= 11 is 3.45. The van der Waals surface area contributed by atoms with Gasteiger partial charge < -0.3 is 10.6 Å². The van der Waals surface area contributed by atoms with E-state index >= 15 is 0 Å². The van der Waals surface area contributed by atoms with Crippen molar-refractivity contribution in [2.75, 3.05) is 23.7 Å². The normalized spacial score (nSPS) is 10.6. The van der Waals surface area contributed by atoms with Crippen molar-refractivity contribution in [1.82, 2.24) is 9.97 Å². The van der Waals surface area contributed by atoms with Gasteiger partial charge in [-0.2, -0.15) is 4.98 Å². The van der Waals surface area contributed by atoms with E-state index in [0.717, 1.165) is 35.7 Å². The van der Waals surface area contributed by atoms with E-state index in [1.54, 1.807) is 6.20 Å². The standard InChI is InChI=1S/C12H21BrN4/c1-4-14-12-16-8-10(13)11(17-12)15-7-5-6-9(2)3/h8-9H,4-7H2,1-3H3,(H2,14,15,16,17). The Balaban J connectivity index is 2.48. The predicted molar refractivity (Wildman–Crippen MR) is 76.5 cm³/mol. The van der Waals surface area contributed by atoms with E-state index in [4.69, 9.17) is 0 Å². The second-order valence-electron chi connectivity index (χ2n) is 4.38. The van der Waals surface area contributed by atoms with Crippen LogP contribution in [0.15, 0.2) is 10.7 Å². The molecule has 0 aromatic carbocycles. The molecule has 1 aromatic rings. The summed E-state index contributed by atoms with van der Waals surface area (Å²) in [7, 11) is 0. The quantitative estimate of drug-likeness (QED) is 0.757. The topological polar surface area (TPSA) is 49.8 Å². The Labute approximate surface area is 112 Å². The number of nitrogens with zero attached hydrogens (tertiary/aromatic N) is 2. The van der Waals surface area contributed by atoms with Gasteiger partial charge in [-0.3, -0.25) is 0 Å². The lowest BCUT2D eigenvalue weighted by Crippen LogP contribution is -2.08. The Morgan fingerprint density at radius 3 is 2.76 bits per heavy atom. The highest BCUT2D eigenvalue weighted by Gasteiger charge is 2.04. The zero-order valence-electron chi connectivity index (χ0n) is 10.8. The van der Waals surface area contributed by atoms with Gasteiger partial charge in [0.05, 0.1) is 4.47 Å². The Morgan fingerprint density at radius 1 is 1.35 bits per heavy atom. The first-order valence-electron chi connectivity index (χ1n) is 6.13. The van der Waals surface area contributed by atoms with Crippen LogP contribution in [0.25, 0.3) is 0 Å². The van der Waals surface area contributed by atoms with Crippen LogP contribution in [-0.4, -0.2) is 23.1 Å². The van der Waals surface area contributed by atoms with Gasteiger partial charge in [0.1, 0.15) is 5.82 Å². The van der Waals surface area contributed by atoms with Gasteiger partial charge in [0, 0.05) is 19.3 Å². The number of rotatable bonds is 7. The lowest BCUT2D eigenvalue weighted by Gasteiger charge is -2.10. The van der Waals surface area contributed by atoms with Crippen LogP contribution in [0.5, 0.6) is 0 Å². The SMILES string of the molecule is CCNc1ncc(Br)c(NCCCC(C)C)n1. The number of anilines is 2. The second kappa shape index (κ2) is 7.48. The molecule has 2 N–H and O–H groups in total. The maximum Gasteiger partial charge on any atom is 0.224 e. The molecule has 0 saturated heterocycles. The smallest absolute Gasteiger partial charge is 0.224 e. The number of aromatic nitrogens is 2. The lowest BCUT2D eigenvalue weighted by molar-refractivity contribution is 0.566. The Bertz CT molecular complexity index is 341. The van der Waals surface area contributed by atoms with Crippen molar-refractivity contribution in [3.05, 3.63) is 10.7 Å². The van der Waals surface area contributed by atoms with Gasteiger partial charge in [-0.05, 0) is 41.6 Å². The van der Waals surface area contributed by atoms with Crippen LogP contribution in [0.4, 0.5) is 11.8 Å². The average molecular weight is 301 g/mol. The second-order valence-corrected chi connectivity index (χ2v) is 5.24. The molecule has 4 nitrogen and oxygen atoms in total. The third-order valence-electron chi connectivity index (χ3n) is 2.33. The molecule has 0 spiro atoms. The zero-order chi connectivity index (χ0) is 12.7. The van der Waals surface area contributed by atoms with Crippen LogP contribution in [0.3, 0.4) is 0 Å². The summed E-state index contributed by atoms with van der Waals surface area (Å²) in [6.07, 6.45) is 4.16. The minimum atomic E-state index is 0.669. The molecular weight excluding hydrogens is 280 g/mol. The fourth-order valence-electron chi connectivity index (χ4n) is 1.45. The minimum Gasteiger partial charge on any atom is -0.369 e. The summed E-state index contributed by atoms with van der Waals surface area (Å²) in [5, 5.41) is 6.43. The van der Waals surface area contributed by atoms with Crippen LogP contribution in [-0.2, 0) is 0 Å².